The van der Waals surface area contributed by atoms with E-state index in [1.54, 1.807) is 18.2 Å². The molecule has 0 fully saturated rings. The molecule has 0 radical (unpaired) electrons. The molecule has 3 nitrogen and oxygen atoms in total. The van der Waals surface area contributed by atoms with Gasteiger partial charge in [0.1, 0.15) is 0 Å². The third-order valence-corrected chi connectivity index (χ3v) is 5.42. The molecular formula is C13H14ClNO2S2. The number of hydrogen-bond donors (Lipinski definition) is 1. The molecule has 1 unspecified atom stereocenters. The first-order chi connectivity index (χ1) is 8.96. The van der Waals surface area contributed by atoms with Gasteiger partial charge in [0.05, 0.1) is 16.1 Å². The third-order valence-electron chi connectivity index (χ3n) is 2.58. The average Bonchev–Trinajstić information content (AvgIpc) is 2.76. The van der Waals surface area contributed by atoms with Crippen molar-refractivity contribution in [3.63, 3.8) is 0 Å². The molecule has 2 rings (SSSR count). The van der Waals surface area contributed by atoms with Crippen molar-refractivity contribution in [3.05, 3.63) is 57.2 Å². The molecule has 0 saturated heterocycles. The average molecular weight is 316 g/mol. The van der Waals surface area contributed by atoms with Crippen molar-refractivity contribution >= 4 is 33.0 Å². The summed E-state index contributed by atoms with van der Waals surface area (Å²) in [6.07, 6.45) is 0. The number of hydrogen-bond acceptors (Lipinski definition) is 3. The fourth-order valence-corrected chi connectivity index (χ4v) is 4.24. The number of sulfonamides is 1. The van der Waals surface area contributed by atoms with E-state index in [1.807, 2.05) is 31.2 Å². The summed E-state index contributed by atoms with van der Waals surface area (Å²) in [6, 6.07) is 12.4. The topological polar surface area (TPSA) is 46.2 Å². The second kappa shape index (κ2) is 6.05. The molecule has 1 aromatic heterocycles. The van der Waals surface area contributed by atoms with Crippen molar-refractivity contribution in [2.75, 3.05) is 0 Å². The lowest BCUT2D eigenvalue weighted by atomic mass is 10.2. The molecule has 2 aromatic rings. The Hall–Kier alpha value is -0.880. The Balaban J connectivity index is 2.05. The lowest BCUT2D eigenvalue weighted by Gasteiger charge is -2.12. The maximum absolute atomic E-state index is 12.1. The van der Waals surface area contributed by atoms with Gasteiger partial charge in [-0.2, -0.15) is 0 Å². The fraction of sp³-hybridized carbons (Fsp3) is 0.231. The van der Waals surface area contributed by atoms with Crippen LogP contribution in [0.1, 0.15) is 23.4 Å². The maximum atomic E-state index is 12.1. The molecule has 0 aliphatic carbocycles. The molecule has 0 aliphatic heterocycles. The van der Waals surface area contributed by atoms with Gasteiger partial charge in [-0.25, -0.2) is 13.1 Å². The van der Waals surface area contributed by atoms with Gasteiger partial charge in [0.15, 0.2) is 0 Å². The van der Waals surface area contributed by atoms with Crippen LogP contribution in [-0.2, 0) is 15.8 Å². The Labute approximate surface area is 122 Å². The lowest BCUT2D eigenvalue weighted by Crippen LogP contribution is -2.27. The van der Waals surface area contributed by atoms with Gasteiger partial charge in [-0.1, -0.05) is 41.9 Å². The molecule has 0 spiro atoms. The Kier molecular flexibility index (Phi) is 4.62. The zero-order valence-corrected chi connectivity index (χ0v) is 12.7. The molecule has 1 N–H and O–H groups in total. The third kappa shape index (κ3) is 4.31. The summed E-state index contributed by atoms with van der Waals surface area (Å²) in [5, 5.41) is 0. The molecule has 0 amide bonds. The van der Waals surface area contributed by atoms with Crippen LogP contribution in [-0.4, -0.2) is 8.42 Å². The highest BCUT2D eigenvalue weighted by atomic mass is 35.5. The van der Waals surface area contributed by atoms with Crippen LogP contribution in [0, 0.1) is 0 Å². The quantitative estimate of drug-likeness (QED) is 0.916. The van der Waals surface area contributed by atoms with E-state index in [2.05, 4.69) is 4.72 Å². The number of halogens is 1. The molecule has 0 aliphatic rings. The van der Waals surface area contributed by atoms with Gasteiger partial charge in [0, 0.05) is 4.88 Å². The normalized spacial score (nSPS) is 13.4. The van der Waals surface area contributed by atoms with Crippen molar-refractivity contribution in [2.24, 2.45) is 0 Å². The number of thiophene rings is 1. The largest absolute Gasteiger partial charge is 0.216 e. The standard InChI is InChI=1S/C13H14ClNO2S2/c1-10(12-7-8-13(14)18-12)15-19(16,17)9-11-5-3-2-4-6-11/h2-8,10,15H,9H2,1H3. The predicted octanol–water partition coefficient (Wildman–Crippen LogP) is 3.58. The summed E-state index contributed by atoms with van der Waals surface area (Å²) < 4.78 is 27.4. The second-order valence-electron chi connectivity index (χ2n) is 4.23. The van der Waals surface area contributed by atoms with Crippen LogP contribution < -0.4 is 4.72 Å². The van der Waals surface area contributed by atoms with E-state index in [-0.39, 0.29) is 11.8 Å². The van der Waals surface area contributed by atoms with Crippen LogP contribution in [0.5, 0.6) is 0 Å². The van der Waals surface area contributed by atoms with Crippen molar-refractivity contribution in [3.8, 4) is 0 Å². The van der Waals surface area contributed by atoms with Crippen molar-refractivity contribution in [2.45, 2.75) is 18.7 Å². The smallest absolute Gasteiger partial charge is 0.212 e. The molecule has 1 atom stereocenters. The molecule has 102 valence electrons. The van der Waals surface area contributed by atoms with Gasteiger partial charge in [-0.3, -0.25) is 0 Å². The highest BCUT2D eigenvalue weighted by Crippen LogP contribution is 2.27. The van der Waals surface area contributed by atoms with Crippen molar-refractivity contribution < 1.29 is 8.42 Å². The second-order valence-corrected chi connectivity index (χ2v) is 7.73. The Morgan fingerprint density at radius 3 is 2.47 bits per heavy atom. The Bertz CT molecular complexity index is 638. The van der Waals surface area contributed by atoms with Crippen LogP contribution in [0.25, 0.3) is 0 Å². The molecular weight excluding hydrogens is 302 g/mol. The van der Waals surface area contributed by atoms with Crippen LogP contribution in [0.2, 0.25) is 4.34 Å². The summed E-state index contributed by atoms with van der Waals surface area (Å²) in [4.78, 5) is 0.904. The molecule has 0 saturated carbocycles. The summed E-state index contributed by atoms with van der Waals surface area (Å²) in [5.74, 6) is -0.0166. The minimum atomic E-state index is -3.36. The highest BCUT2D eigenvalue weighted by Gasteiger charge is 2.17. The first-order valence-corrected chi connectivity index (χ1v) is 8.60. The van der Waals surface area contributed by atoms with Crippen LogP contribution in [0.4, 0.5) is 0 Å². The number of nitrogens with one attached hydrogen (secondary N) is 1. The van der Waals surface area contributed by atoms with Crippen LogP contribution >= 0.6 is 22.9 Å². The number of rotatable bonds is 5. The Morgan fingerprint density at radius 2 is 1.89 bits per heavy atom. The predicted molar refractivity (Wildman–Crippen MR) is 79.9 cm³/mol. The first kappa shape index (κ1) is 14.5. The van der Waals surface area contributed by atoms with Gasteiger partial charge < -0.3 is 0 Å². The Morgan fingerprint density at radius 1 is 1.21 bits per heavy atom. The van der Waals surface area contributed by atoms with E-state index in [4.69, 9.17) is 11.6 Å². The SMILES string of the molecule is CC(NS(=O)(=O)Cc1ccccc1)c1ccc(Cl)s1. The van der Waals surface area contributed by atoms with Crippen LogP contribution in [0.3, 0.4) is 0 Å². The van der Waals surface area contributed by atoms with Gasteiger partial charge in [0.25, 0.3) is 0 Å². The summed E-state index contributed by atoms with van der Waals surface area (Å²) >= 11 is 7.23. The van der Waals surface area contributed by atoms with E-state index in [0.29, 0.717) is 4.34 Å². The van der Waals surface area contributed by atoms with Gasteiger partial charge >= 0.3 is 0 Å². The summed E-state index contributed by atoms with van der Waals surface area (Å²) in [7, 11) is -3.36. The molecule has 6 heteroatoms. The maximum Gasteiger partial charge on any atom is 0.216 e. The molecule has 1 aromatic carbocycles. The van der Waals surface area contributed by atoms with Crippen molar-refractivity contribution in [1.82, 2.24) is 4.72 Å². The van der Waals surface area contributed by atoms with Crippen LogP contribution in [0.15, 0.2) is 42.5 Å². The minimum Gasteiger partial charge on any atom is -0.212 e. The lowest BCUT2D eigenvalue weighted by molar-refractivity contribution is 0.567. The first-order valence-electron chi connectivity index (χ1n) is 5.75. The van der Waals surface area contributed by atoms with Crippen molar-refractivity contribution in [1.29, 1.82) is 0 Å². The zero-order chi connectivity index (χ0) is 13.9. The van der Waals surface area contributed by atoms with E-state index < -0.39 is 10.0 Å². The minimum absolute atomic E-state index is 0.0166. The monoisotopic (exact) mass is 315 g/mol. The van der Waals surface area contributed by atoms with E-state index in [1.165, 1.54) is 11.3 Å². The fourth-order valence-electron chi connectivity index (χ4n) is 1.72. The summed E-state index contributed by atoms with van der Waals surface area (Å²) in [6.45, 7) is 1.81. The molecule has 19 heavy (non-hydrogen) atoms. The number of benzene rings is 1. The summed E-state index contributed by atoms with van der Waals surface area (Å²) in [5.41, 5.74) is 0.770. The van der Waals surface area contributed by atoms with E-state index in [0.717, 1.165) is 10.4 Å². The van der Waals surface area contributed by atoms with Gasteiger partial charge in [-0.15, -0.1) is 11.3 Å². The highest BCUT2D eigenvalue weighted by molar-refractivity contribution is 7.88. The zero-order valence-electron chi connectivity index (χ0n) is 10.3. The molecule has 1 heterocycles. The van der Waals surface area contributed by atoms with E-state index >= 15 is 0 Å². The molecule has 0 bridgehead atoms. The van der Waals surface area contributed by atoms with E-state index in [9.17, 15) is 8.42 Å². The van der Waals surface area contributed by atoms with Gasteiger partial charge in [-0.05, 0) is 24.6 Å². The van der Waals surface area contributed by atoms with Gasteiger partial charge in [0.2, 0.25) is 10.0 Å².